The highest BCUT2D eigenvalue weighted by molar-refractivity contribution is 5.69. The largest absolute Gasteiger partial charge is 0.469 e. The molecule has 2 rings (SSSR count). The molecule has 2 unspecified atom stereocenters. The second-order valence-electron chi connectivity index (χ2n) is 6.44. The summed E-state index contributed by atoms with van der Waals surface area (Å²) in [4.78, 5) is 21.0. The smallest absolute Gasteiger partial charge is 0.305 e. The molecule has 2 saturated carbocycles. The molecule has 0 saturated heterocycles. The first-order valence-electron chi connectivity index (χ1n) is 7.95. The molecular weight excluding hydrogens is 256 g/mol. The van der Waals surface area contributed by atoms with Crippen molar-refractivity contribution in [3.8, 4) is 0 Å². The fraction of sp³-hybridized carbons (Fsp3) is 0.938. The molecule has 0 heterocycles. The van der Waals surface area contributed by atoms with Crippen LogP contribution in [-0.2, 0) is 19.3 Å². The number of hydrogen-bond acceptors (Lipinski definition) is 4. The van der Waals surface area contributed by atoms with Crippen molar-refractivity contribution in [2.75, 3.05) is 20.8 Å². The number of hydrogen-bond donors (Lipinski definition) is 0. The molecular formula is C16H28O4. The molecule has 4 atom stereocenters. The zero-order chi connectivity index (χ0) is 14.4. The Labute approximate surface area is 122 Å². The summed E-state index contributed by atoms with van der Waals surface area (Å²) in [5.41, 5.74) is 0. The number of ether oxygens (including phenoxy) is 1. The fourth-order valence-electron chi connectivity index (χ4n) is 4.15. The van der Waals surface area contributed by atoms with E-state index in [1.807, 2.05) is 0 Å². The molecule has 0 aromatic heterocycles. The van der Waals surface area contributed by atoms with Crippen molar-refractivity contribution in [1.29, 1.82) is 0 Å². The van der Waals surface area contributed by atoms with Gasteiger partial charge in [-0.3, -0.25) is 4.79 Å². The average Bonchev–Trinajstić information content (AvgIpc) is 2.47. The van der Waals surface area contributed by atoms with Crippen LogP contribution in [0, 0.1) is 23.7 Å². The molecule has 2 aliphatic rings. The summed E-state index contributed by atoms with van der Waals surface area (Å²) in [5.74, 6) is 3.00. The third-order valence-electron chi connectivity index (χ3n) is 5.24. The Morgan fingerprint density at radius 2 is 1.65 bits per heavy atom. The predicted molar refractivity (Wildman–Crippen MR) is 75.9 cm³/mol. The van der Waals surface area contributed by atoms with E-state index in [2.05, 4.69) is 4.89 Å². The summed E-state index contributed by atoms with van der Waals surface area (Å²) in [6.45, 7) is 0.712. The molecule has 0 spiro atoms. The predicted octanol–water partition coefficient (Wildman–Crippen LogP) is 3.35. The Bertz CT molecular complexity index is 305. The Balaban J connectivity index is 1.73. The van der Waals surface area contributed by atoms with E-state index in [0.717, 1.165) is 24.2 Å². The Kier molecular flexibility index (Phi) is 6.30. The van der Waals surface area contributed by atoms with Gasteiger partial charge in [-0.05, 0) is 62.2 Å². The van der Waals surface area contributed by atoms with Gasteiger partial charge in [-0.15, -0.1) is 0 Å². The molecule has 20 heavy (non-hydrogen) atoms. The molecule has 4 heteroatoms. The van der Waals surface area contributed by atoms with Gasteiger partial charge in [0.1, 0.15) is 0 Å². The number of carbonyl (C=O) groups excluding carboxylic acids is 1. The van der Waals surface area contributed by atoms with E-state index in [1.165, 1.54) is 45.6 Å². The van der Waals surface area contributed by atoms with Crippen LogP contribution in [-0.4, -0.2) is 26.8 Å². The van der Waals surface area contributed by atoms with Crippen LogP contribution in [0.2, 0.25) is 0 Å². The molecule has 0 radical (unpaired) electrons. The van der Waals surface area contributed by atoms with Crippen LogP contribution in [0.15, 0.2) is 0 Å². The first-order valence-corrected chi connectivity index (χ1v) is 7.95. The quantitative estimate of drug-likeness (QED) is 0.325. The van der Waals surface area contributed by atoms with Crippen LogP contribution in [0.4, 0.5) is 0 Å². The Morgan fingerprint density at radius 3 is 2.30 bits per heavy atom. The minimum atomic E-state index is -0.0427. The van der Waals surface area contributed by atoms with Gasteiger partial charge in [-0.2, -0.15) is 0 Å². The second kappa shape index (κ2) is 7.99. The Morgan fingerprint density at radius 1 is 1.00 bits per heavy atom. The fourth-order valence-corrected chi connectivity index (χ4v) is 4.15. The van der Waals surface area contributed by atoms with Crippen molar-refractivity contribution in [3.05, 3.63) is 0 Å². The topological polar surface area (TPSA) is 44.8 Å². The number of fused-ring (bicyclic) bond motifs is 1. The summed E-state index contributed by atoms with van der Waals surface area (Å²) >= 11 is 0. The second-order valence-corrected chi connectivity index (χ2v) is 6.44. The molecule has 0 aliphatic heterocycles. The standard InChI is InChI=1S/C16H28O4/c1-18-16(17)11-13-4-6-14-9-12(7-8-20-19-2)3-5-15(14)10-13/h12-15H,3-11H2,1-2H3/t12-,13-,14?,15?/m0/s1. The van der Waals surface area contributed by atoms with Gasteiger partial charge in [0.05, 0.1) is 20.8 Å². The lowest BCUT2D eigenvalue weighted by Gasteiger charge is -2.42. The number of carbonyl (C=O) groups is 1. The van der Waals surface area contributed by atoms with Crippen LogP contribution < -0.4 is 0 Å². The maximum atomic E-state index is 11.4. The summed E-state index contributed by atoms with van der Waals surface area (Å²) in [5, 5.41) is 0. The van der Waals surface area contributed by atoms with Gasteiger partial charge in [0, 0.05) is 6.42 Å². The number of esters is 1. The molecule has 0 bridgehead atoms. The van der Waals surface area contributed by atoms with Crippen LogP contribution >= 0.6 is 0 Å². The minimum absolute atomic E-state index is 0.0427. The maximum absolute atomic E-state index is 11.4. The van der Waals surface area contributed by atoms with Crippen molar-refractivity contribution in [2.24, 2.45) is 23.7 Å². The van der Waals surface area contributed by atoms with Gasteiger partial charge in [0.2, 0.25) is 0 Å². The molecule has 0 N–H and O–H groups in total. The zero-order valence-electron chi connectivity index (χ0n) is 12.8. The van der Waals surface area contributed by atoms with E-state index in [-0.39, 0.29) is 5.97 Å². The summed E-state index contributed by atoms with van der Waals surface area (Å²) < 4.78 is 4.80. The maximum Gasteiger partial charge on any atom is 0.305 e. The molecule has 4 nitrogen and oxygen atoms in total. The summed E-state index contributed by atoms with van der Waals surface area (Å²) in [6.07, 6.45) is 9.39. The van der Waals surface area contributed by atoms with E-state index >= 15 is 0 Å². The van der Waals surface area contributed by atoms with Crippen molar-refractivity contribution in [1.82, 2.24) is 0 Å². The van der Waals surface area contributed by atoms with E-state index in [1.54, 1.807) is 7.11 Å². The molecule has 2 aliphatic carbocycles. The normalized spacial score (nSPS) is 33.5. The van der Waals surface area contributed by atoms with E-state index in [4.69, 9.17) is 9.62 Å². The van der Waals surface area contributed by atoms with Crippen LogP contribution in [0.1, 0.15) is 51.4 Å². The van der Waals surface area contributed by atoms with Crippen molar-refractivity contribution in [2.45, 2.75) is 51.4 Å². The highest BCUT2D eigenvalue weighted by atomic mass is 17.2. The van der Waals surface area contributed by atoms with Crippen LogP contribution in [0.5, 0.6) is 0 Å². The van der Waals surface area contributed by atoms with Gasteiger partial charge in [0.15, 0.2) is 0 Å². The van der Waals surface area contributed by atoms with E-state index < -0.39 is 0 Å². The van der Waals surface area contributed by atoms with Crippen LogP contribution in [0.25, 0.3) is 0 Å². The van der Waals surface area contributed by atoms with Gasteiger partial charge in [-0.1, -0.05) is 6.42 Å². The highest BCUT2D eigenvalue weighted by Gasteiger charge is 2.36. The van der Waals surface area contributed by atoms with Crippen LogP contribution in [0.3, 0.4) is 0 Å². The SMILES string of the molecule is COOCC[C@@H]1CCC2C[C@@H](CC(=O)OC)CCC2C1. The number of rotatable bonds is 6. The third kappa shape index (κ3) is 4.45. The van der Waals surface area contributed by atoms with E-state index in [9.17, 15) is 4.79 Å². The highest BCUT2D eigenvalue weighted by Crippen LogP contribution is 2.46. The number of methoxy groups -OCH3 is 1. The van der Waals surface area contributed by atoms with Crippen molar-refractivity contribution in [3.63, 3.8) is 0 Å². The Hall–Kier alpha value is -0.610. The molecule has 2 fully saturated rings. The van der Waals surface area contributed by atoms with Gasteiger partial charge in [-0.25, -0.2) is 9.78 Å². The monoisotopic (exact) mass is 284 g/mol. The summed E-state index contributed by atoms with van der Waals surface area (Å²) in [6, 6.07) is 0. The van der Waals surface area contributed by atoms with Crippen molar-refractivity contribution < 1.29 is 19.3 Å². The minimum Gasteiger partial charge on any atom is -0.469 e. The van der Waals surface area contributed by atoms with E-state index in [0.29, 0.717) is 18.9 Å². The zero-order valence-corrected chi connectivity index (χ0v) is 12.8. The molecule has 0 aromatic rings. The lowest BCUT2D eigenvalue weighted by atomic mass is 9.64. The third-order valence-corrected chi connectivity index (χ3v) is 5.24. The average molecular weight is 284 g/mol. The van der Waals surface area contributed by atoms with Gasteiger partial charge < -0.3 is 4.74 Å². The molecule has 116 valence electrons. The molecule has 0 aromatic carbocycles. The molecule has 0 amide bonds. The first-order chi connectivity index (χ1) is 9.72. The lowest BCUT2D eigenvalue weighted by molar-refractivity contribution is -0.274. The summed E-state index contributed by atoms with van der Waals surface area (Å²) in [7, 11) is 3.06. The lowest BCUT2D eigenvalue weighted by Crippen LogP contribution is -2.32. The van der Waals surface area contributed by atoms with Crippen molar-refractivity contribution >= 4 is 5.97 Å². The first kappa shape index (κ1) is 15.8. The van der Waals surface area contributed by atoms with Gasteiger partial charge in [0.25, 0.3) is 0 Å². The van der Waals surface area contributed by atoms with Gasteiger partial charge >= 0.3 is 5.97 Å².